The van der Waals surface area contributed by atoms with E-state index in [4.69, 9.17) is 15.1 Å². The third kappa shape index (κ3) is 2.25. The molecule has 1 saturated carbocycles. The predicted molar refractivity (Wildman–Crippen MR) is 66.9 cm³/mol. The summed E-state index contributed by atoms with van der Waals surface area (Å²) in [7, 11) is 0. The minimum atomic E-state index is 0.589. The molecule has 0 spiro atoms. The van der Waals surface area contributed by atoms with Crippen LogP contribution in [0.3, 0.4) is 0 Å². The minimum Gasteiger partial charge on any atom is -0.445 e. The fraction of sp³-hybridized carbons (Fsp3) is 0.786. The normalized spacial score (nSPS) is 25.8. The van der Waals surface area contributed by atoms with Gasteiger partial charge < -0.3 is 10.2 Å². The monoisotopic (exact) mass is 234 g/mol. The molecule has 2 aliphatic carbocycles. The molecule has 0 aromatic carbocycles. The van der Waals surface area contributed by atoms with Crippen molar-refractivity contribution in [1.82, 2.24) is 4.98 Å². The molecule has 1 aromatic heterocycles. The second-order valence-electron chi connectivity index (χ2n) is 5.60. The Kier molecular flexibility index (Phi) is 3.19. The molecule has 0 aliphatic heterocycles. The lowest BCUT2D eigenvalue weighted by atomic mass is 9.89. The summed E-state index contributed by atoms with van der Waals surface area (Å²) in [5.74, 6) is 3.38. The Hall–Kier alpha value is -0.830. The van der Waals surface area contributed by atoms with Gasteiger partial charge in [-0.05, 0) is 38.1 Å². The second-order valence-corrected chi connectivity index (χ2v) is 5.60. The van der Waals surface area contributed by atoms with Crippen molar-refractivity contribution >= 4 is 0 Å². The fourth-order valence-electron chi connectivity index (χ4n) is 3.19. The number of hydrogen-bond donors (Lipinski definition) is 1. The standard InChI is InChI=1S/C14H22N2O/c15-9-10-6-7-13-12(8-10)16-14(17-13)11-4-2-1-3-5-11/h10-11H,1-9,15H2. The molecule has 3 heteroatoms. The Balaban J connectivity index is 1.77. The van der Waals surface area contributed by atoms with Crippen LogP contribution in [0.15, 0.2) is 4.42 Å². The van der Waals surface area contributed by atoms with Crippen LogP contribution in [0.5, 0.6) is 0 Å². The van der Waals surface area contributed by atoms with Crippen molar-refractivity contribution < 1.29 is 4.42 Å². The highest BCUT2D eigenvalue weighted by Gasteiger charge is 2.26. The number of fused-ring (bicyclic) bond motifs is 1. The summed E-state index contributed by atoms with van der Waals surface area (Å²) >= 11 is 0. The molecule has 3 nitrogen and oxygen atoms in total. The highest BCUT2D eigenvalue weighted by atomic mass is 16.4. The Bertz CT molecular complexity index is 380. The molecule has 0 saturated heterocycles. The van der Waals surface area contributed by atoms with Crippen LogP contribution in [0, 0.1) is 5.92 Å². The Morgan fingerprint density at radius 2 is 2.00 bits per heavy atom. The number of nitrogens with two attached hydrogens (primary N) is 1. The van der Waals surface area contributed by atoms with Crippen molar-refractivity contribution in [2.24, 2.45) is 11.7 Å². The van der Waals surface area contributed by atoms with Gasteiger partial charge in [0.05, 0.1) is 5.69 Å². The summed E-state index contributed by atoms with van der Waals surface area (Å²) in [6.07, 6.45) is 9.82. The van der Waals surface area contributed by atoms with E-state index in [1.807, 2.05) is 0 Å². The summed E-state index contributed by atoms with van der Waals surface area (Å²) in [6, 6.07) is 0. The van der Waals surface area contributed by atoms with Crippen molar-refractivity contribution in [3.8, 4) is 0 Å². The summed E-state index contributed by atoms with van der Waals surface area (Å²) in [5.41, 5.74) is 6.95. The van der Waals surface area contributed by atoms with Crippen LogP contribution in [-0.4, -0.2) is 11.5 Å². The van der Waals surface area contributed by atoms with Crippen molar-refractivity contribution in [1.29, 1.82) is 0 Å². The predicted octanol–water partition coefficient (Wildman–Crippen LogP) is 2.79. The summed E-state index contributed by atoms with van der Waals surface area (Å²) in [4.78, 5) is 4.75. The third-order valence-electron chi connectivity index (χ3n) is 4.34. The van der Waals surface area contributed by atoms with Crippen LogP contribution < -0.4 is 5.73 Å². The van der Waals surface area contributed by atoms with Gasteiger partial charge in [0, 0.05) is 12.3 Å². The molecule has 0 amide bonds. The van der Waals surface area contributed by atoms with E-state index < -0.39 is 0 Å². The molecule has 0 radical (unpaired) electrons. The van der Waals surface area contributed by atoms with E-state index in [2.05, 4.69) is 0 Å². The van der Waals surface area contributed by atoms with Gasteiger partial charge in [-0.1, -0.05) is 19.3 Å². The SMILES string of the molecule is NCC1CCc2oc(C3CCCCC3)nc2C1. The van der Waals surface area contributed by atoms with Crippen molar-refractivity contribution in [3.05, 3.63) is 17.3 Å². The number of nitrogens with zero attached hydrogens (tertiary/aromatic N) is 1. The molecule has 1 atom stereocenters. The average molecular weight is 234 g/mol. The molecule has 2 N–H and O–H groups in total. The zero-order valence-corrected chi connectivity index (χ0v) is 10.5. The zero-order chi connectivity index (χ0) is 11.7. The van der Waals surface area contributed by atoms with Crippen LogP contribution in [0.4, 0.5) is 0 Å². The van der Waals surface area contributed by atoms with Gasteiger partial charge in [-0.25, -0.2) is 4.98 Å². The summed E-state index contributed by atoms with van der Waals surface area (Å²) in [5, 5.41) is 0. The average Bonchev–Trinajstić information content (AvgIpc) is 2.82. The largest absolute Gasteiger partial charge is 0.445 e. The number of aryl methyl sites for hydroxylation is 1. The topological polar surface area (TPSA) is 52.0 Å². The molecule has 1 fully saturated rings. The van der Waals surface area contributed by atoms with E-state index >= 15 is 0 Å². The first-order valence-corrected chi connectivity index (χ1v) is 7.05. The number of oxazole rings is 1. The quantitative estimate of drug-likeness (QED) is 0.856. The Morgan fingerprint density at radius 1 is 1.18 bits per heavy atom. The van der Waals surface area contributed by atoms with Crippen LogP contribution in [-0.2, 0) is 12.8 Å². The van der Waals surface area contributed by atoms with E-state index in [0.717, 1.165) is 31.0 Å². The molecule has 0 bridgehead atoms. The fourth-order valence-corrected chi connectivity index (χ4v) is 3.19. The highest BCUT2D eigenvalue weighted by Crippen LogP contribution is 2.35. The molecule has 17 heavy (non-hydrogen) atoms. The second kappa shape index (κ2) is 4.81. The molecular weight excluding hydrogens is 212 g/mol. The smallest absolute Gasteiger partial charge is 0.197 e. The number of hydrogen-bond acceptors (Lipinski definition) is 3. The molecular formula is C14H22N2O. The van der Waals surface area contributed by atoms with E-state index in [0.29, 0.717) is 11.8 Å². The lowest BCUT2D eigenvalue weighted by Crippen LogP contribution is -2.21. The molecule has 3 rings (SSSR count). The van der Waals surface area contributed by atoms with E-state index in [-0.39, 0.29) is 0 Å². The van der Waals surface area contributed by atoms with Gasteiger partial charge in [-0.2, -0.15) is 0 Å². The van der Waals surface area contributed by atoms with Crippen LogP contribution in [0.1, 0.15) is 61.8 Å². The van der Waals surface area contributed by atoms with Gasteiger partial charge in [0.15, 0.2) is 5.89 Å². The van der Waals surface area contributed by atoms with E-state index in [9.17, 15) is 0 Å². The van der Waals surface area contributed by atoms with Gasteiger partial charge in [0.25, 0.3) is 0 Å². The minimum absolute atomic E-state index is 0.589. The maximum Gasteiger partial charge on any atom is 0.197 e. The first-order valence-electron chi connectivity index (χ1n) is 7.05. The van der Waals surface area contributed by atoms with Gasteiger partial charge >= 0.3 is 0 Å². The van der Waals surface area contributed by atoms with Crippen LogP contribution in [0.2, 0.25) is 0 Å². The van der Waals surface area contributed by atoms with E-state index in [1.165, 1.54) is 44.2 Å². The third-order valence-corrected chi connectivity index (χ3v) is 4.34. The van der Waals surface area contributed by atoms with Crippen LogP contribution in [0.25, 0.3) is 0 Å². The number of aromatic nitrogens is 1. The molecule has 2 aliphatic rings. The van der Waals surface area contributed by atoms with Crippen molar-refractivity contribution in [3.63, 3.8) is 0 Å². The Morgan fingerprint density at radius 3 is 2.76 bits per heavy atom. The first kappa shape index (κ1) is 11.3. The van der Waals surface area contributed by atoms with Crippen molar-refractivity contribution in [2.45, 2.75) is 57.3 Å². The number of rotatable bonds is 2. The van der Waals surface area contributed by atoms with Gasteiger partial charge in [-0.3, -0.25) is 0 Å². The zero-order valence-electron chi connectivity index (χ0n) is 10.5. The van der Waals surface area contributed by atoms with Gasteiger partial charge in [0.2, 0.25) is 0 Å². The van der Waals surface area contributed by atoms with Gasteiger partial charge in [-0.15, -0.1) is 0 Å². The molecule has 1 unspecified atom stereocenters. The first-order chi connectivity index (χ1) is 8.36. The molecule has 1 heterocycles. The van der Waals surface area contributed by atoms with Crippen LogP contribution >= 0.6 is 0 Å². The molecule has 1 aromatic rings. The summed E-state index contributed by atoms with van der Waals surface area (Å²) < 4.78 is 5.99. The molecule has 94 valence electrons. The maximum atomic E-state index is 5.99. The summed E-state index contributed by atoms with van der Waals surface area (Å²) in [6.45, 7) is 0.783. The van der Waals surface area contributed by atoms with Crippen molar-refractivity contribution in [2.75, 3.05) is 6.54 Å². The highest BCUT2D eigenvalue weighted by molar-refractivity contribution is 5.16. The lowest BCUT2D eigenvalue weighted by Gasteiger charge is -2.17. The van der Waals surface area contributed by atoms with E-state index in [1.54, 1.807) is 0 Å². The lowest BCUT2D eigenvalue weighted by molar-refractivity contribution is 0.342. The Labute approximate surface area is 103 Å². The maximum absolute atomic E-state index is 5.99. The van der Waals surface area contributed by atoms with Gasteiger partial charge in [0.1, 0.15) is 5.76 Å².